The van der Waals surface area contributed by atoms with E-state index in [1.165, 1.54) is 104 Å². The predicted molar refractivity (Wildman–Crippen MR) is 127 cm³/mol. The number of nitrogens with one attached hydrogen (secondary N) is 3. The fourth-order valence-electron chi connectivity index (χ4n) is 7.43. The van der Waals surface area contributed by atoms with Crippen molar-refractivity contribution in [3.05, 3.63) is 0 Å². The first-order valence-electron chi connectivity index (χ1n) is 13.9. The van der Waals surface area contributed by atoms with Crippen LogP contribution in [0.3, 0.4) is 0 Å². The molecule has 182 valence electrons. The molecule has 6 rings (SSSR count). The molecule has 2 amide bonds. The number of urea groups is 1. The van der Waals surface area contributed by atoms with Gasteiger partial charge in [0.1, 0.15) is 12.2 Å². The molecule has 5 aliphatic heterocycles. The Hall–Kier alpha value is -0.890. The molecule has 6 aliphatic rings. The van der Waals surface area contributed by atoms with Crippen molar-refractivity contribution < 1.29 is 15.0 Å². The van der Waals surface area contributed by atoms with Crippen molar-refractivity contribution in [2.45, 2.75) is 82.5 Å². The molecule has 5 saturated heterocycles. The zero-order valence-electron chi connectivity index (χ0n) is 20.2. The predicted octanol–water partition coefficient (Wildman–Crippen LogP) is -0.397. The highest BCUT2D eigenvalue weighted by Gasteiger charge is 2.44. The summed E-state index contributed by atoms with van der Waals surface area (Å²) in [6.07, 6.45) is 13.8. The number of amides is 2. The molecule has 0 aromatic heterocycles. The monoisotopic (exact) mass is 448 g/mol. The largest absolute Gasteiger partial charge is 0.335 e. The van der Waals surface area contributed by atoms with Gasteiger partial charge in [-0.25, -0.2) is 4.79 Å². The van der Waals surface area contributed by atoms with Crippen LogP contribution in [0, 0.1) is 11.8 Å². The molecule has 5 atom stereocenters. The van der Waals surface area contributed by atoms with Gasteiger partial charge < -0.3 is 25.8 Å². The molecule has 6 fully saturated rings. The second-order valence-corrected chi connectivity index (χ2v) is 11.5. The average Bonchev–Trinajstić information content (AvgIpc) is 2.85. The molecule has 32 heavy (non-hydrogen) atoms. The quantitative estimate of drug-likeness (QED) is 0.447. The number of rotatable bonds is 6. The summed E-state index contributed by atoms with van der Waals surface area (Å²) in [6.45, 7) is 11.2. The van der Waals surface area contributed by atoms with Crippen LogP contribution in [0.5, 0.6) is 0 Å². The minimum absolute atomic E-state index is 0.0728. The highest BCUT2D eigenvalue weighted by atomic mass is 16.2. The van der Waals surface area contributed by atoms with E-state index in [-0.39, 0.29) is 6.03 Å². The second kappa shape index (κ2) is 11.0. The van der Waals surface area contributed by atoms with Crippen LogP contribution in [-0.4, -0.2) is 93.0 Å². The van der Waals surface area contributed by atoms with Crippen molar-refractivity contribution in [3.63, 3.8) is 0 Å². The van der Waals surface area contributed by atoms with E-state index in [4.69, 9.17) is 0 Å². The standard InChI is InChI=1S/C25H46N6O/c32-25(28-22-6-2-1-3-7-22)27-17-23-16-20-9-11-31(23)19-21(20)18-29-12-14-30(15-13-29)24-8-4-5-10-26-24/h20-24,26H,1-19H2,(H2,27,28,32)/p+2. The summed E-state index contributed by atoms with van der Waals surface area (Å²) in [5.74, 6) is 1.73. The Balaban J connectivity index is 1.02. The molecule has 1 aliphatic carbocycles. The summed E-state index contributed by atoms with van der Waals surface area (Å²) < 4.78 is 0. The third kappa shape index (κ3) is 5.78. The first-order chi connectivity index (χ1) is 15.7. The van der Waals surface area contributed by atoms with E-state index < -0.39 is 0 Å². The van der Waals surface area contributed by atoms with Gasteiger partial charge in [0.15, 0.2) is 0 Å². The van der Waals surface area contributed by atoms with Crippen molar-refractivity contribution in [2.75, 3.05) is 58.9 Å². The molecule has 5 heterocycles. The number of hydrogen-bond acceptors (Lipinski definition) is 3. The molecule has 1 saturated carbocycles. The van der Waals surface area contributed by atoms with E-state index in [0.717, 1.165) is 37.4 Å². The molecule has 5 N–H and O–H groups in total. The lowest BCUT2D eigenvalue weighted by Gasteiger charge is -2.49. The maximum Gasteiger partial charge on any atom is 0.315 e. The van der Waals surface area contributed by atoms with Gasteiger partial charge in [-0.3, -0.25) is 4.90 Å². The summed E-state index contributed by atoms with van der Waals surface area (Å²) >= 11 is 0. The Morgan fingerprint density at radius 2 is 1.78 bits per heavy atom. The van der Waals surface area contributed by atoms with Crippen molar-refractivity contribution in [1.82, 2.24) is 20.4 Å². The van der Waals surface area contributed by atoms with E-state index in [1.807, 2.05) is 0 Å². The summed E-state index contributed by atoms with van der Waals surface area (Å²) in [5.41, 5.74) is 0. The molecule has 5 unspecified atom stereocenters. The molecule has 0 radical (unpaired) electrons. The van der Waals surface area contributed by atoms with Crippen LogP contribution in [0.1, 0.15) is 64.2 Å². The Kier molecular flexibility index (Phi) is 7.88. The lowest BCUT2D eigenvalue weighted by Crippen LogP contribution is -3.20. The molecule has 7 nitrogen and oxygen atoms in total. The van der Waals surface area contributed by atoms with Gasteiger partial charge in [0.25, 0.3) is 0 Å². The molecule has 0 aromatic carbocycles. The van der Waals surface area contributed by atoms with Crippen LogP contribution >= 0.6 is 0 Å². The Bertz CT molecular complexity index is 597. The van der Waals surface area contributed by atoms with Gasteiger partial charge >= 0.3 is 6.03 Å². The number of piperidine rings is 4. The van der Waals surface area contributed by atoms with Crippen LogP contribution in [-0.2, 0) is 0 Å². The summed E-state index contributed by atoms with van der Waals surface area (Å²) in [6, 6.07) is 1.10. The highest BCUT2D eigenvalue weighted by Crippen LogP contribution is 2.28. The fourth-order valence-corrected chi connectivity index (χ4v) is 7.43. The molecule has 2 bridgehead atoms. The van der Waals surface area contributed by atoms with Crippen molar-refractivity contribution in [2.24, 2.45) is 11.8 Å². The Morgan fingerprint density at radius 3 is 2.50 bits per heavy atom. The number of hydrogen-bond donors (Lipinski definition) is 4. The van der Waals surface area contributed by atoms with Gasteiger partial charge in [0.05, 0.1) is 26.2 Å². The van der Waals surface area contributed by atoms with Gasteiger partial charge in [-0.2, -0.15) is 0 Å². The molecule has 0 spiro atoms. The first-order valence-corrected chi connectivity index (χ1v) is 13.9. The zero-order chi connectivity index (χ0) is 21.8. The molecule has 0 aromatic rings. The van der Waals surface area contributed by atoms with Crippen LogP contribution in [0.15, 0.2) is 0 Å². The zero-order valence-corrected chi connectivity index (χ0v) is 20.2. The number of piperazine rings is 1. The Labute approximate surface area is 195 Å². The maximum absolute atomic E-state index is 12.4. The van der Waals surface area contributed by atoms with Gasteiger partial charge in [0.2, 0.25) is 0 Å². The summed E-state index contributed by atoms with van der Waals surface area (Å²) in [7, 11) is 0. The van der Waals surface area contributed by atoms with Gasteiger partial charge in [-0.05, 0) is 31.6 Å². The normalized spacial score (nSPS) is 37.3. The summed E-state index contributed by atoms with van der Waals surface area (Å²) in [5, 5.41) is 9.03. The summed E-state index contributed by atoms with van der Waals surface area (Å²) in [4.78, 5) is 19.6. The number of nitrogens with two attached hydrogens (primary N) is 1. The third-order valence-electron chi connectivity index (χ3n) is 9.40. The van der Waals surface area contributed by atoms with Crippen LogP contribution in [0.4, 0.5) is 4.79 Å². The Morgan fingerprint density at radius 1 is 0.969 bits per heavy atom. The average molecular weight is 449 g/mol. The number of fused-ring (bicyclic) bond motifs is 3. The van der Waals surface area contributed by atoms with Gasteiger partial charge in [-0.1, -0.05) is 19.3 Å². The van der Waals surface area contributed by atoms with Crippen molar-refractivity contribution >= 4 is 6.03 Å². The number of carbonyl (C=O) groups is 1. The van der Waals surface area contributed by atoms with Crippen molar-refractivity contribution in [3.8, 4) is 0 Å². The second-order valence-electron chi connectivity index (χ2n) is 11.5. The van der Waals surface area contributed by atoms with Crippen LogP contribution in [0.25, 0.3) is 0 Å². The topological polar surface area (TPSA) is 68.7 Å². The smallest absolute Gasteiger partial charge is 0.315 e. The van der Waals surface area contributed by atoms with E-state index in [1.54, 1.807) is 4.90 Å². The molecular weight excluding hydrogens is 400 g/mol. The third-order valence-corrected chi connectivity index (χ3v) is 9.40. The highest BCUT2D eigenvalue weighted by molar-refractivity contribution is 5.74. The molecular formula is C25H48N6O+2. The van der Waals surface area contributed by atoms with Gasteiger partial charge in [0, 0.05) is 63.9 Å². The lowest BCUT2D eigenvalue weighted by atomic mass is 9.75. The maximum atomic E-state index is 12.4. The SMILES string of the molecule is O=C(NCC1CC2CC[NH+]1CC2CN1CCN(C2CCCC[NH2+]2)CC1)NC1CCCCC1. The van der Waals surface area contributed by atoms with E-state index in [2.05, 4.69) is 25.8 Å². The van der Waals surface area contributed by atoms with E-state index in [0.29, 0.717) is 12.1 Å². The minimum Gasteiger partial charge on any atom is -0.335 e. The number of quaternary nitrogens is 2. The minimum atomic E-state index is 0.0728. The van der Waals surface area contributed by atoms with E-state index >= 15 is 0 Å². The molecule has 7 heteroatoms. The van der Waals surface area contributed by atoms with Crippen LogP contribution in [0.2, 0.25) is 0 Å². The van der Waals surface area contributed by atoms with E-state index in [9.17, 15) is 4.79 Å². The lowest BCUT2D eigenvalue weighted by molar-refractivity contribution is -0.945. The fraction of sp³-hybridized carbons (Fsp3) is 0.960. The number of nitrogens with zero attached hydrogens (tertiary/aromatic N) is 2. The van der Waals surface area contributed by atoms with Crippen molar-refractivity contribution in [1.29, 1.82) is 0 Å². The first kappa shape index (κ1) is 22.9. The van der Waals surface area contributed by atoms with Gasteiger partial charge in [-0.15, -0.1) is 0 Å². The number of carbonyl (C=O) groups excluding carboxylic acids is 1. The van der Waals surface area contributed by atoms with Crippen LogP contribution < -0.4 is 20.9 Å².